The summed E-state index contributed by atoms with van der Waals surface area (Å²) in [5.41, 5.74) is 5.53. The van der Waals surface area contributed by atoms with Crippen LogP contribution < -0.4 is 16.3 Å². The Bertz CT molecular complexity index is 655. The predicted molar refractivity (Wildman–Crippen MR) is 114 cm³/mol. The third-order valence-corrected chi connectivity index (χ3v) is 5.86. The molecule has 2 amide bonds. The second-order valence-corrected chi connectivity index (χ2v) is 10.6. The molecule has 2 aliphatic rings. The summed E-state index contributed by atoms with van der Waals surface area (Å²) in [6.07, 6.45) is 0.680. The van der Waals surface area contributed by atoms with Gasteiger partial charge in [-0.05, 0) is 11.8 Å². The van der Waals surface area contributed by atoms with E-state index in [0.717, 1.165) is 0 Å². The molecular formula is C21H39N5O4. The van der Waals surface area contributed by atoms with Gasteiger partial charge in [0.1, 0.15) is 17.9 Å². The van der Waals surface area contributed by atoms with Crippen molar-refractivity contribution in [1.82, 2.24) is 26.2 Å². The number of amides is 2. The number of likely N-dealkylation sites (tertiary alicyclic amines) is 1. The van der Waals surface area contributed by atoms with E-state index in [1.165, 1.54) is 11.9 Å². The minimum Gasteiger partial charge on any atom is -0.391 e. The zero-order chi connectivity index (χ0) is 22.9. The molecule has 9 nitrogen and oxygen atoms in total. The molecule has 0 spiro atoms. The van der Waals surface area contributed by atoms with Crippen LogP contribution in [0.15, 0.2) is 0 Å². The van der Waals surface area contributed by atoms with E-state index >= 15 is 0 Å². The molecule has 2 heterocycles. The molecule has 0 radical (unpaired) electrons. The van der Waals surface area contributed by atoms with E-state index in [1.54, 1.807) is 0 Å². The maximum absolute atomic E-state index is 13.5. The molecule has 2 aliphatic heterocycles. The van der Waals surface area contributed by atoms with E-state index in [4.69, 9.17) is 0 Å². The van der Waals surface area contributed by atoms with Gasteiger partial charge in [-0.15, -0.1) is 0 Å². The van der Waals surface area contributed by atoms with Gasteiger partial charge in [-0.2, -0.15) is 5.53 Å². The van der Waals surface area contributed by atoms with E-state index < -0.39 is 23.6 Å². The molecule has 2 rings (SSSR count). The van der Waals surface area contributed by atoms with Crippen molar-refractivity contribution >= 4 is 17.6 Å². The van der Waals surface area contributed by atoms with Gasteiger partial charge in [-0.3, -0.25) is 14.4 Å². The first kappa shape index (κ1) is 24.7. The van der Waals surface area contributed by atoms with Gasteiger partial charge in [0.15, 0.2) is 0 Å². The van der Waals surface area contributed by atoms with E-state index in [1.807, 2.05) is 46.6 Å². The number of hydrogen-bond acceptors (Lipinski definition) is 7. The Morgan fingerprint density at radius 1 is 1.13 bits per heavy atom. The molecule has 0 aromatic rings. The highest BCUT2D eigenvalue weighted by molar-refractivity contribution is 5.90. The molecule has 0 aromatic heterocycles. The SMILES string of the molecule is CNC(=O)[C@@H]1C[C@@H](O)CN1C(=O)[C@@H](N1CC(CCC(=O)C(C)(C)C)NN1)C(C)(C)C. The summed E-state index contributed by atoms with van der Waals surface area (Å²) < 4.78 is 0. The predicted octanol–water partition coefficient (Wildman–Crippen LogP) is 0.198. The monoisotopic (exact) mass is 425 g/mol. The Labute approximate surface area is 179 Å². The number of carbonyl (C=O) groups is 3. The van der Waals surface area contributed by atoms with Crippen molar-refractivity contribution in [1.29, 1.82) is 0 Å². The Hall–Kier alpha value is -1.55. The van der Waals surface area contributed by atoms with Crippen LogP contribution in [0, 0.1) is 10.8 Å². The molecule has 1 unspecified atom stereocenters. The normalized spacial score (nSPS) is 26.7. The topological polar surface area (TPSA) is 114 Å². The Morgan fingerprint density at radius 3 is 2.30 bits per heavy atom. The largest absolute Gasteiger partial charge is 0.391 e. The average Bonchev–Trinajstić information content (AvgIpc) is 3.23. The van der Waals surface area contributed by atoms with E-state index in [0.29, 0.717) is 19.4 Å². The van der Waals surface area contributed by atoms with Crippen LogP contribution in [0.5, 0.6) is 0 Å². The van der Waals surface area contributed by atoms with Crippen LogP contribution in [0.1, 0.15) is 60.8 Å². The van der Waals surface area contributed by atoms with Crippen molar-refractivity contribution in [3.8, 4) is 0 Å². The fraction of sp³-hybridized carbons (Fsp3) is 0.857. The second kappa shape index (κ2) is 9.30. The minimum atomic E-state index is -0.710. The number of carbonyl (C=O) groups excluding carboxylic acids is 3. The number of hydrazine groups is 2. The van der Waals surface area contributed by atoms with Gasteiger partial charge in [-0.25, -0.2) is 10.4 Å². The first-order valence-corrected chi connectivity index (χ1v) is 10.8. The van der Waals surface area contributed by atoms with Crippen LogP contribution in [0.3, 0.4) is 0 Å². The molecule has 0 saturated carbocycles. The number of Topliss-reactive ketones (excluding diaryl/α,β-unsaturated/α-hetero) is 1. The van der Waals surface area contributed by atoms with Gasteiger partial charge in [0.05, 0.1) is 6.10 Å². The summed E-state index contributed by atoms with van der Waals surface area (Å²) in [4.78, 5) is 39.5. The lowest BCUT2D eigenvalue weighted by molar-refractivity contribution is -0.147. The molecule has 4 N–H and O–H groups in total. The number of rotatable bonds is 6. The summed E-state index contributed by atoms with van der Waals surface area (Å²) >= 11 is 0. The third-order valence-electron chi connectivity index (χ3n) is 5.86. The summed E-state index contributed by atoms with van der Waals surface area (Å²) in [6.45, 7) is 12.4. The number of aliphatic hydroxyl groups is 1. The third kappa shape index (κ3) is 5.78. The van der Waals surface area contributed by atoms with Crippen LogP contribution in [-0.2, 0) is 14.4 Å². The lowest BCUT2D eigenvalue weighted by Gasteiger charge is -2.39. The molecule has 2 saturated heterocycles. The minimum absolute atomic E-state index is 0.0351. The highest BCUT2D eigenvalue weighted by Crippen LogP contribution is 2.30. The maximum Gasteiger partial charge on any atom is 0.242 e. The van der Waals surface area contributed by atoms with Crippen molar-refractivity contribution in [3.63, 3.8) is 0 Å². The van der Waals surface area contributed by atoms with Crippen molar-refractivity contribution in [2.45, 2.75) is 85.0 Å². The van der Waals surface area contributed by atoms with E-state index in [9.17, 15) is 19.5 Å². The Balaban J connectivity index is 2.10. The zero-order valence-corrected chi connectivity index (χ0v) is 19.4. The van der Waals surface area contributed by atoms with Gasteiger partial charge < -0.3 is 15.3 Å². The highest BCUT2D eigenvalue weighted by Gasteiger charge is 2.47. The number of ketones is 1. The maximum atomic E-state index is 13.5. The van der Waals surface area contributed by atoms with Gasteiger partial charge in [0.2, 0.25) is 11.8 Å². The van der Waals surface area contributed by atoms with Crippen molar-refractivity contribution < 1.29 is 19.5 Å². The fourth-order valence-electron chi connectivity index (χ4n) is 4.12. The summed E-state index contributed by atoms with van der Waals surface area (Å²) in [7, 11) is 1.53. The molecule has 172 valence electrons. The quantitative estimate of drug-likeness (QED) is 0.481. The van der Waals surface area contributed by atoms with Crippen LogP contribution in [0.4, 0.5) is 0 Å². The number of aliphatic hydroxyl groups excluding tert-OH is 1. The van der Waals surface area contributed by atoms with Gasteiger partial charge in [-0.1, -0.05) is 41.5 Å². The van der Waals surface area contributed by atoms with Gasteiger partial charge >= 0.3 is 0 Å². The van der Waals surface area contributed by atoms with Gasteiger partial charge in [0, 0.05) is 44.4 Å². The molecule has 9 heteroatoms. The zero-order valence-electron chi connectivity index (χ0n) is 19.4. The lowest BCUT2D eigenvalue weighted by Crippen LogP contribution is -2.60. The van der Waals surface area contributed by atoms with Crippen LogP contribution >= 0.6 is 0 Å². The van der Waals surface area contributed by atoms with Gasteiger partial charge in [0.25, 0.3) is 0 Å². The number of nitrogens with zero attached hydrogens (tertiary/aromatic N) is 2. The average molecular weight is 426 g/mol. The fourth-order valence-corrected chi connectivity index (χ4v) is 4.12. The van der Waals surface area contributed by atoms with Crippen molar-refractivity contribution in [2.24, 2.45) is 10.8 Å². The highest BCUT2D eigenvalue weighted by atomic mass is 16.3. The van der Waals surface area contributed by atoms with E-state index in [-0.39, 0.29) is 42.0 Å². The van der Waals surface area contributed by atoms with Crippen molar-refractivity contribution in [2.75, 3.05) is 20.1 Å². The smallest absolute Gasteiger partial charge is 0.242 e. The molecule has 2 fully saturated rings. The number of hydrogen-bond donors (Lipinski definition) is 4. The summed E-state index contributed by atoms with van der Waals surface area (Å²) in [5, 5.41) is 14.5. The molecule has 4 atom stereocenters. The van der Waals surface area contributed by atoms with Crippen LogP contribution in [0.2, 0.25) is 0 Å². The van der Waals surface area contributed by atoms with Crippen LogP contribution in [0.25, 0.3) is 0 Å². The number of likely N-dealkylation sites (N-methyl/N-ethyl adjacent to an activating group) is 1. The first-order valence-electron chi connectivity index (χ1n) is 10.8. The number of β-amino-alcohol motifs (C(OH)–C–C–N with tert-alkyl or cyclic N) is 1. The molecule has 0 aromatic carbocycles. The Morgan fingerprint density at radius 2 is 1.77 bits per heavy atom. The number of nitrogens with one attached hydrogen (secondary N) is 3. The standard InChI is InChI=1S/C21H39N5O4/c1-20(2,3)16(28)9-8-13-11-26(24-23-13)17(21(4,5)6)19(30)25-12-14(27)10-15(25)18(29)22-7/h13-15,17,23-24,27H,8-12H2,1-7H3,(H,22,29)/t13?,14-,15+,17-/m1/s1. The lowest BCUT2D eigenvalue weighted by atomic mass is 9.84. The van der Waals surface area contributed by atoms with Crippen molar-refractivity contribution in [3.05, 3.63) is 0 Å². The van der Waals surface area contributed by atoms with E-state index in [2.05, 4.69) is 16.3 Å². The van der Waals surface area contributed by atoms with Crippen LogP contribution in [-0.4, -0.2) is 77.0 Å². The summed E-state index contributed by atoms with van der Waals surface area (Å²) in [5.74, 6) is -0.238. The first-order chi connectivity index (χ1) is 13.8. The summed E-state index contributed by atoms with van der Waals surface area (Å²) in [6, 6.07) is -1.17. The molecule has 30 heavy (non-hydrogen) atoms. The molecule has 0 bridgehead atoms. The Kier molecular flexibility index (Phi) is 7.66. The second-order valence-electron chi connectivity index (χ2n) is 10.6. The molecule has 0 aliphatic carbocycles. The molecular weight excluding hydrogens is 386 g/mol.